The number of thioether (sulfide) groups is 1. The van der Waals surface area contributed by atoms with Crippen LogP contribution in [0.15, 0.2) is 24.3 Å². The number of carbonyl (C=O) groups is 2. The topological polar surface area (TPSA) is 70.2 Å². The van der Waals surface area contributed by atoms with Crippen LogP contribution in [0.2, 0.25) is 0 Å². The quantitative estimate of drug-likeness (QED) is 0.795. The maximum absolute atomic E-state index is 12.1. The van der Waals surface area contributed by atoms with Gasteiger partial charge in [-0.2, -0.15) is 11.8 Å². The SMILES string of the molecule is CC(C)C(=O)Nc1ccc(NC(=O)C2CSCCN2)cc1. The fourth-order valence-electron chi connectivity index (χ4n) is 1.89. The van der Waals surface area contributed by atoms with Crippen molar-refractivity contribution in [3.8, 4) is 0 Å². The van der Waals surface area contributed by atoms with Crippen LogP contribution in [0.25, 0.3) is 0 Å². The maximum atomic E-state index is 12.1. The predicted molar refractivity (Wildman–Crippen MR) is 87.7 cm³/mol. The highest BCUT2D eigenvalue weighted by atomic mass is 32.2. The molecule has 0 bridgehead atoms. The number of hydrogen-bond acceptors (Lipinski definition) is 4. The second kappa shape index (κ2) is 7.47. The van der Waals surface area contributed by atoms with E-state index in [0.29, 0.717) is 0 Å². The van der Waals surface area contributed by atoms with Crippen molar-refractivity contribution >= 4 is 35.0 Å². The van der Waals surface area contributed by atoms with Crippen molar-refractivity contribution in [1.82, 2.24) is 5.32 Å². The van der Waals surface area contributed by atoms with E-state index < -0.39 is 0 Å². The number of benzene rings is 1. The van der Waals surface area contributed by atoms with Crippen molar-refractivity contribution in [2.45, 2.75) is 19.9 Å². The van der Waals surface area contributed by atoms with Gasteiger partial charge in [0.25, 0.3) is 0 Å². The van der Waals surface area contributed by atoms with E-state index in [9.17, 15) is 9.59 Å². The van der Waals surface area contributed by atoms with E-state index in [1.54, 1.807) is 36.0 Å². The summed E-state index contributed by atoms with van der Waals surface area (Å²) in [6, 6.07) is 7.04. The fourth-order valence-corrected chi connectivity index (χ4v) is 2.82. The van der Waals surface area contributed by atoms with Crippen molar-refractivity contribution in [2.75, 3.05) is 28.7 Å². The van der Waals surface area contributed by atoms with Crippen LogP contribution >= 0.6 is 11.8 Å². The molecule has 0 radical (unpaired) electrons. The molecule has 1 unspecified atom stereocenters. The van der Waals surface area contributed by atoms with Gasteiger partial charge in [-0.25, -0.2) is 0 Å². The van der Waals surface area contributed by atoms with E-state index in [-0.39, 0.29) is 23.8 Å². The van der Waals surface area contributed by atoms with Gasteiger partial charge in [0.1, 0.15) is 0 Å². The van der Waals surface area contributed by atoms with Crippen LogP contribution in [0.3, 0.4) is 0 Å². The molecule has 1 aromatic carbocycles. The van der Waals surface area contributed by atoms with Crippen molar-refractivity contribution in [1.29, 1.82) is 0 Å². The zero-order valence-corrected chi connectivity index (χ0v) is 13.1. The van der Waals surface area contributed by atoms with E-state index >= 15 is 0 Å². The average molecular weight is 307 g/mol. The minimum absolute atomic E-state index is 0.0128. The Morgan fingerprint density at radius 3 is 2.33 bits per heavy atom. The molecular formula is C15H21N3O2S. The summed E-state index contributed by atoms with van der Waals surface area (Å²) in [5.41, 5.74) is 1.47. The van der Waals surface area contributed by atoms with Crippen molar-refractivity contribution in [3.05, 3.63) is 24.3 Å². The highest BCUT2D eigenvalue weighted by Crippen LogP contribution is 2.16. The van der Waals surface area contributed by atoms with Gasteiger partial charge in [0.05, 0.1) is 6.04 Å². The van der Waals surface area contributed by atoms with Crippen molar-refractivity contribution in [3.63, 3.8) is 0 Å². The second-order valence-electron chi connectivity index (χ2n) is 5.29. The van der Waals surface area contributed by atoms with Crippen LogP contribution in [0.5, 0.6) is 0 Å². The van der Waals surface area contributed by atoms with Gasteiger partial charge in [-0.15, -0.1) is 0 Å². The normalized spacial score (nSPS) is 18.3. The number of nitrogens with one attached hydrogen (secondary N) is 3. The van der Waals surface area contributed by atoms with Gasteiger partial charge in [0.15, 0.2) is 0 Å². The monoisotopic (exact) mass is 307 g/mol. The minimum atomic E-state index is -0.135. The first-order valence-electron chi connectivity index (χ1n) is 7.09. The summed E-state index contributed by atoms with van der Waals surface area (Å²) in [5, 5.41) is 8.90. The number of anilines is 2. The van der Waals surface area contributed by atoms with Gasteiger partial charge in [-0.3, -0.25) is 9.59 Å². The Hall–Kier alpha value is -1.53. The summed E-state index contributed by atoms with van der Waals surface area (Å²) in [6.45, 7) is 4.56. The van der Waals surface area contributed by atoms with Gasteiger partial charge in [0, 0.05) is 35.3 Å². The van der Waals surface area contributed by atoms with Gasteiger partial charge < -0.3 is 16.0 Å². The molecule has 1 fully saturated rings. The third-order valence-corrected chi connectivity index (χ3v) is 4.24. The van der Waals surface area contributed by atoms with Gasteiger partial charge in [-0.1, -0.05) is 13.8 Å². The summed E-state index contributed by atoms with van der Waals surface area (Å²) in [5.74, 6) is 1.76. The molecule has 0 aliphatic carbocycles. The van der Waals surface area contributed by atoms with E-state index in [4.69, 9.17) is 0 Å². The van der Waals surface area contributed by atoms with E-state index in [1.807, 2.05) is 13.8 Å². The highest BCUT2D eigenvalue weighted by molar-refractivity contribution is 7.99. The molecule has 1 saturated heterocycles. The molecule has 5 nitrogen and oxygen atoms in total. The molecule has 1 aliphatic heterocycles. The number of hydrogen-bond donors (Lipinski definition) is 3. The van der Waals surface area contributed by atoms with Crippen molar-refractivity contribution in [2.24, 2.45) is 5.92 Å². The van der Waals surface area contributed by atoms with Gasteiger partial charge in [-0.05, 0) is 24.3 Å². The molecule has 6 heteroatoms. The molecule has 0 saturated carbocycles. The molecule has 1 atom stereocenters. The Kier molecular flexibility index (Phi) is 5.64. The molecular weight excluding hydrogens is 286 g/mol. The smallest absolute Gasteiger partial charge is 0.242 e. The number of amides is 2. The Morgan fingerprint density at radius 1 is 1.19 bits per heavy atom. The van der Waals surface area contributed by atoms with Crippen LogP contribution in [-0.2, 0) is 9.59 Å². The van der Waals surface area contributed by atoms with E-state index in [2.05, 4.69) is 16.0 Å². The van der Waals surface area contributed by atoms with Gasteiger partial charge >= 0.3 is 0 Å². The standard InChI is InChI=1S/C15H21N3O2S/c1-10(2)14(19)17-11-3-5-12(6-4-11)18-15(20)13-9-21-8-7-16-13/h3-6,10,13,16H,7-9H2,1-2H3,(H,17,19)(H,18,20). The molecule has 1 aromatic rings. The fraction of sp³-hybridized carbons (Fsp3) is 0.467. The molecule has 1 heterocycles. The molecule has 2 rings (SSSR count). The van der Waals surface area contributed by atoms with Crippen LogP contribution < -0.4 is 16.0 Å². The van der Waals surface area contributed by atoms with E-state index in [1.165, 1.54) is 0 Å². The third-order valence-electron chi connectivity index (χ3n) is 3.18. The molecule has 3 N–H and O–H groups in total. The lowest BCUT2D eigenvalue weighted by molar-refractivity contribution is -0.119. The molecule has 2 amide bonds. The van der Waals surface area contributed by atoms with Gasteiger partial charge in [0.2, 0.25) is 11.8 Å². The lowest BCUT2D eigenvalue weighted by atomic mass is 10.2. The minimum Gasteiger partial charge on any atom is -0.326 e. The zero-order chi connectivity index (χ0) is 15.2. The van der Waals surface area contributed by atoms with Crippen LogP contribution in [0.1, 0.15) is 13.8 Å². The van der Waals surface area contributed by atoms with Crippen LogP contribution in [0.4, 0.5) is 11.4 Å². The maximum Gasteiger partial charge on any atom is 0.242 e. The zero-order valence-electron chi connectivity index (χ0n) is 12.3. The lowest BCUT2D eigenvalue weighted by Crippen LogP contribution is -2.46. The Morgan fingerprint density at radius 2 is 1.81 bits per heavy atom. The summed E-state index contributed by atoms with van der Waals surface area (Å²) in [4.78, 5) is 23.7. The Bertz CT molecular complexity index is 496. The third kappa shape index (κ3) is 4.75. The van der Waals surface area contributed by atoms with Crippen LogP contribution in [0, 0.1) is 5.92 Å². The molecule has 114 valence electrons. The Labute approximate surface area is 129 Å². The molecule has 0 aromatic heterocycles. The summed E-state index contributed by atoms with van der Waals surface area (Å²) >= 11 is 1.78. The Balaban J connectivity index is 1.89. The second-order valence-corrected chi connectivity index (χ2v) is 6.44. The van der Waals surface area contributed by atoms with E-state index in [0.717, 1.165) is 29.4 Å². The highest BCUT2D eigenvalue weighted by Gasteiger charge is 2.20. The first kappa shape index (κ1) is 15.9. The number of rotatable bonds is 4. The first-order chi connectivity index (χ1) is 10.1. The summed E-state index contributed by atoms with van der Waals surface area (Å²) in [7, 11) is 0. The summed E-state index contributed by atoms with van der Waals surface area (Å²) < 4.78 is 0. The number of carbonyl (C=O) groups excluding carboxylic acids is 2. The van der Waals surface area contributed by atoms with Crippen LogP contribution in [-0.4, -0.2) is 35.9 Å². The van der Waals surface area contributed by atoms with Crippen molar-refractivity contribution < 1.29 is 9.59 Å². The average Bonchev–Trinajstić information content (AvgIpc) is 2.50. The predicted octanol–water partition coefficient (Wildman–Crippen LogP) is 1.92. The summed E-state index contributed by atoms with van der Waals surface area (Å²) in [6.07, 6.45) is 0. The largest absolute Gasteiger partial charge is 0.326 e. The first-order valence-corrected chi connectivity index (χ1v) is 8.24. The lowest BCUT2D eigenvalue weighted by Gasteiger charge is -2.22. The molecule has 0 spiro atoms. The molecule has 1 aliphatic rings. The molecule has 21 heavy (non-hydrogen) atoms.